The van der Waals surface area contributed by atoms with Crippen molar-refractivity contribution < 1.29 is 9.59 Å². The molecule has 6 heteroatoms. The molecule has 0 radical (unpaired) electrons. The average Bonchev–Trinajstić information content (AvgIpc) is 2.78. The van der Waals surface area contributed by atoms with Gasteiger partial charge in [0.05, 0.1) is 0 Å². The zero-order valence-electron chi connectivity index (χ0n) is 18.1. The predicted octanol–water partition coefficient (Wildman–Crippen LogP) is 3.59. The van der Waals surface area contributed by atoms with Crippen LogP contribution >= 0.6 is 0 Å². The van der Waals surface area contributed by atoms with Crippen molar-refractivity contribution in [2.75, 3.05) is 38.6 Å². The largest absolute Gasteiger partial charge is 0.378 e. The van der Waals surface area contributed by atoms with E-state index in [1.54, 1.807) is 0 Å². The molecule has 0 bridgehead atoms. The summed E-state index contributed by atoms with van der Waals surface area (Å²) in [6, 6.07) is 16.0. The normalized spacial score (nSPS) is 16.1. The van der Waals surface area contributed by atoms with Crippen LogP contribution in [0.15, 0.2) is 48.5 Å². The maximum absolute atomic E-state index is 12.7. The highest BCUT2D eigenvalue weighted by Gasteiger charge is 2.24. The van der Waals surface area contributed by atoms with Crippen LogP contribution in [-0.2, 0) is 6.54 Å². The predicted molar refractivity (Wildman–Crippen MR) is 121 cm³/mol. The number of nitrogens with one attached hydrogen (secondary N) is 2. The number of urea groups is 1. The van der Waals surface area contributed by atoms with Crippen molar-refractivity contribution in [1.29, 1.82) is 0 Å². The highest BCUT2D eigenvalue weighted by Crippen LogP contribution is 2.27. The summed E-state index contributed by atoms with van der Waals surface area (Å²) >= 11 is 0. The fraction of sp³-hybridized carbons (Fsp3) is 0.417. The van der Waals surface area contributed by atoms with Crippen molar-refractivity contribution in [1.82, 2.24) is 15.5 Å². The Hall–Kier alpha value is -3.02. The van der Waals surface area contributed by atoms with Gasteiger partial charge in [-0.05, 0) is 55.2 Å². The minimum atomic E-state index is -0.0788. The van der Waals surface area contributed by atoms with Gasteiger partial charge in [-0.25, -0.2) is 4.79 Å². The van der Waals surface area contributed by atoms with Crippen molar-refractivity contribution in [3.05, 3.63) is 65.2 Å². The Kier molecular flexibility index (Phi) is 7.33. The maximum atomic E-state index is 12.7. The molecule has 0 spiro atoms. The average molecular weight is 409 g/mol. The van der Waals surface area contributed by atoms with Crippen LogP contribution in [0.25, 0.3) is 0 Å². The van der Waals surface area contributed by atoms with Gasteiger partial charge in [-0.15, -0.1) is 0 Å². The van der Waals surface area contributed by atoms with Gasteiger partial charge in [-0.2, -0.15) is 0 Å². The minimum Gasteiger partial charge on any atom is -0.378 e. The van der Waals surface area contributed by atoms with Crippen molar-refractivity contribution in [2.45, 2.75) is 32.2 Å². The Balaban J connectivity index is 1.61. The van der Waals surface area contributed by atoms with Crippen molar-refractivity contribution in [2.24, 2.45) is 0 Å². The molecule has 0 unspecified atom stereocenters. The third-order valence-electron chi connectivity index (χ3n) is 5.56. The van der Waals surface area contributed by atoms with E-state index in [9.17, 15) is 9.59 Å². The fourth-order valence-corrected chi connectivity index (χ4v) is 3.83. The van der Waals surface area contributed by atoms with E-state index in [2.05, 4.69) is 16.7 Å². The van der Waals surface area contributed by atoms with Crippen LogP contribution in [-0.4, -0.2) is 50.6 Å². The highest BCUT2D eigenvalue weighted by molar-refractivity contribution is 5.94. The number of carbonyl (C=O) groups is 2. The van der Waals surface area contributed by atoms with E-state index in [1.807, 2.05) is 73.3 Å². The summed E-state index contributed by atoms with van der Waals surface area (Å²) in [4.78, 5) is 28.8. The Bertz CT molecular complexity index is 864. The topological polar surface area (TPSA) is 64.7 Å². The van der Waals surface area contributed by atoms with E-state index in [0.717, 1.165) is 36.2 Å². The standard InChI is InChI=1S/C24H32N4O2/c1-4-25-24(30)28-14-6-9-21(17-28)19-7-5-8-20(15-19)23(29)26-16-18-10-12-22(13-11-18)27(2)3/h5,7-8,10-13,15,21H,4,6,9,14,16-17H2,1-3H3,(H,25,30)(H,26,29)/t21-/m0/s1. The smallest absolute Gasteiger partial charge is 0.317 e. The summed E-state index contributed by atoms with van der Waals surface area (Å²) in [5.41, 5.74) is 3.97. The molecular weight excluding hydrogens is 376 g/mol. The Morgan fingerprint density at radius 2 is 1.87 bits per heavy atom. The van der Waals surface area contributed by atoms with Gasteiger partial charge in [0.2, 0.25) is 0 Å². The number of likely N-dealkylation sites (tertiary alicyclic amines) is 1. The molecule has 6 nitrogen and oxygen atoms in total. The molecule has 1 fully saturated rings. The molecule has 1 heterocycles. The molecule has 1 atom stereocenters. The van der Waals surface area contributed by atoms with Crippen LogP contribution < -0.4 is 15.5 Å². The van der Waals surface area contributed by atoms with E-state index >= 15 is 0 Å². The van der Waals surface area contributed by atoms with Crippen LogP contribution in [0.3, 0.4) is 0 Å². The molecule has 1 aliphatic rings. The number of amides is 3. The maximum Gasteiger partial charge on any atom is 0.317 e. The molecule has 0 saturated carbocycles. The third kappa shape index (κ3) is 5.53. The molecule has 3 rings (SSSR count). The number of piperidine rings is 1. The molecule has 2 N–H and O–H groups in total. The quantitative estimate of drug-likeness (QED) is 0.768. The highest BCUT2D eigenvalue weighted by atomic mass is 16.2. The van der Waals surface area contributed by atoms with Gasteiger partial charge in [-0.1, -0.05) is 24.3 Å². The summed E-state index contributed by atoms with van der Waals surface area (Å²) < 4.78 is 0. The first-order valence-corrected chi connectivity index (χ1v) is 10.6. The van der Waals surface area contributed by atoms with Crippen LogP contribution in [0.1, 0.15) is 47.2 Å². The Morgan fingerprint density at radius 1 is 1.10 bits per heavy atom. The summed E-state index contributed by atoms with van der Waals surface area (Å²) in [6.45, 7) is 4.53. The molecule has 2 aromatic carbocycles. The van der Waals surface area contributed by atoms with Gasteiger partial charge < -0.3 is 20.4 Å². The molecule has 2 aromatic rings. The van der Waals surface area contributed by atoms with Crippen LogP contribution in [0.4, 0.5) is 10.5 Å². The zero-order chi connectivity index (χ0) is 21.5. The first kappa shape index (κ1) is 21.7. The lowest BCUT2D eigenvalue weighted by molar-refractivity contribution is 0.0950. The van der Waals surface area contributed by atoms with E-state index < -0.39 is 0 Å². The molecule has 1 aliphatic heterocycles. The summed E-state index contributed by atoms with van der Waals surface area (Å²) in [5.74, 6) is 0.178. The van der Waals surface area contributed by atoms with E-state index in [-0.39, 0.29) is 17.9 Å². The number of hydrogen-bond acceptors (Lipinski definition) is 3. The second-order valence-corrected chi connectivity index (χ2v) is 7.99. The van der Waals surface area contributed by atoms with Gasteiger partial charge in [0.1, 0.15) is 0 Å². The van der Waals surface area contributed by atoms with Gasteiger partial charge in [0.15, 0.2) is 0 Å². The number of hydrogen-bond donors (Lipinski definition) is 2. The lowest BCUT2D eigenvalue weighted by atomic mass is 9.89. The van der Waals surface area contributed by atoms with E-state index in [1.165, 1.54) is 0 Å². The van der Waals surface area contributed by atoms with Gasteiger partial charge in [-0.3, -0.25) is 4.79 Å². The molecule has 3 amide bonds. The summed E-state index contributed by atoms with van der Waals surface area (Å²) in [6.07, 6.45) is 2.00. The third-order valence-corrected chi connectivity index (χ3v) is 5.56. The van der Waals surface area contributed by atoms with Crippen molar-refractivity contribution in [3.63, 3.8) is 0 Å². The lowest BCUT2D eigenvalue weighted by Gasteiger charge is -2.33. The molecular formula is C24H32N4O2. The molecule has 0 aliphatic carbocycles. The minimum absolute atomic E-state index is 0.00335. The number of rotatable bonds is 6. The molecule has 160 valence electrons. The Morgan fingerprint density at radius 3 is 2.57 bits per heavy atom. The number of nitrogens with zero attached hydrogens (tertiary/aromatic N) is 2. The summed E-state index contributed by atoms with van der Waals surface area (Å²) in [5, 5.41) is 5.89. The van der Waals surface area contributed by atoms with Crippen molar-refractivity contribution >= 4 is 17.6 Å². The van der Waals surface area contributed by atoms with Gasteiger partial charge in [0, 0.05) is 57.4 Å². The molecule has 30 heavy (non-hydrogen) atoms. The first-order valence-electron chi connectivity index (χ1n) is 10.6. The van der Waals surface area contributed by atoms with Crippen LogP contribution in [0.2, 0.25) is 0 Å². The summed E-state index contributed by atoms with van der Waals surface area (Å²) in [7, 11) is 4.01. The number of carbonyl (C=O) groups excluding carboxylic acids is 2. The van der Waals surface area contributed by atoms with Gasteiger partial charge >= 0.3 is 6.03 Å². The van der Waals surface area contributed by atoms with E-state index in [4.69, 9.17) is 0 Å². The number of anilines is 1. The molecule has 0 aromatic heterocycles. The number of benzene rings is 2. The zero-order valence-corrected chi connectivity index (χ0v) is 18.1. The van der Waals surface area contributed by atoms with Crippen LogP contribution in [0, 0.1) is 0 Å². The second kappa shape index (κ2) is 10.1. The fourth-order valence-electron chi connectivity index (χ4n) is 3.83. The van der Waals surface area contributed by atoms with E-state index in [0.29, 0.717) is 25.2 Å². The monoisotopic (exact) mass is 408 g/mol. The van der Waals surface area contributed by atoms with Crippen LogP contribution in [0.5, 0.6) is 0 Å². The first-order chi connectivity index (χ1) is 14.5. The van der Waals surface area contributed by atoms with Crippen molar-refractivity contribution in [3.8, 4) is 0 Å². The second-order valence-electron chi connectivity index (χ2n) is 7.99. The SMILES string of the molecule is CCNC(=O)N1CCC[C@H](c2cccc(C(=O)NCc3ccc(N(C)C)cc3)c2)C1. The molecule has 1 saturated heterocycles. The van der Waals surface area contributed by atoms with Gasteiger partial charge in [0.25, 0.3) is 5.91 Å². The Labute approximate surface area is 179 Å². The lowest BCUT2D eigenvalue weighted by Crippen LogP contribution is -2.44.